The number of amides is 1. The second-order valence-corrected chi connectivity index (χ2v) is 8.64. The topological polar surface area (TPSA) is 126 Å². The highest BCUT2D eigenvalue weighted by Crippen LogP contribution is 2.25. The predicted molar refractivity (Wildman–Crippen MR) is 121 cm³/mol. The molecular weight excluding hydrogens is 429 g/mol. The maximum atomic E-state index is 14.4. The number of alkyl halides is 1. The lowest BCUT2D eigenvalue weighted by Crippen LogP contribution is -2.40. The summed E-state index contributed by atoms with van der Waals surface area (Å²) < 4.78 is 21.2. The summed E-state index contributed by atoms with van der Waals surface area (Å²) in [4.78, 5) is 21.6. The summed E-state index contributed by atoms with van der Waals surface area (Å²) in [5, 5.41) is 23.1. The van der Waals surface area contributed by atoms with Crippen LogP contribution in [0, 0.1) is 0 Å². The highest BCUT2D eigenvalue weighted by molar-refractivity contribution is 5.99. The van der Waals surface area contributed by atoms with Crippen LogP contribution in [-0.2, 0) is 4.74 Å². The Balaban J connectivity index is 1.56. The maximum absolute atomic E-state index is 14.4. The van der Waals surface area contributed by atoms with Crippen molar-refractivity contribution in [1.82, 2.24) is 24.9 Å². The third kappa shape index (κ3) is 5.93. The highest BCUT2D eigenvalue weighted by atomic mass is 19.1. The van der Waals surface area contributed by atoms with E-state index in [9.17, 15) is 14.3 Å². The molecule has 4 N–H and O–H groups in total. The monoisotopic (exact) mass is 457 g/mol. The number of fused-ring (bicyclic) bond motifs is 1. The van der Waals surface area contributed by atoms with Crippen molar-refractivity contribution in [3.63, 3.8) is 0 Å². The Labute approximate surface area is 190 Å². The van der Waals surface area contributed by atoms with Crippen LogP contribution in [0.25, 0.3) is 5.65 Å². The van der Waals surface area contributed by atoms with Crippen LogP contribution in [0.1, 0.15) is 37.0 Å². The van der Waals surface area contributed by atoms with Crippen LogP contribution in [0.4, 0.5) is 21.7 Å². The number of nitrogens with one attached hydrogen (secondary N) is 3. The maximum Gasteiger partial charge on any atom is 0.254 e. The first-order valence-corrected chi connectivity index (χ1v) is 10.8. The Kier molecular flexibility index (Phi) is 6.70. The van der Waals surface area contributed by atoms with Crippen molar-refractivity contribution in [2.45, 2.75) is 44.5 Å². The lowest BCUT2D eigenvalue weighted by Gasteiger charge is -2.28. The van der Waals surface area contributed by atoms with Crippen molar-refractivity contribution in [3.8, 4) is 0 Å². The van der Waals surface area contributed by atoms with Crippen molar-refractivity contribution in [1.29, 1.82) is 0 Å². The van der Waals surface area contributed by atoms with E-state index in [1.807, 2.05) is 0 Å². The third-order valence-corrected chi connectivity index (χ3v) is 5.31. The molecule has 10 nitrogen and oxygen atoms in total. The predicted octanol–water partition coefficient (Wildman–Crippen LogP) is 2.30. The summed E-state index contributed by atoms with van der Waals surface area (Å²) in [6, 6.07) is 4.70. The van der Waals surface area contributed by atoms with E-state index in [1.165, 1.54) is 6.20 Å². The summed E-state index contributed by atoms with van der Waals surface area (Å²) in [5.41, 5.74) is 0.513. The number of anilines is 3. The molecule has 0 bridgehead atoms. The van der Waals surface area contributed by atoms with Crippen LogP contribution in [0.5, 0.6) is 0 Å². The molecule has 2 unspecified atom stereocenters. The van der Waals surface area contributed by atoms with Gasteiger partial charge in [-0.3, -0.25) is 4.79 Å². The number of rotatable bonds is 8. The van der Waals surface area contributed by atoms with Crippen LogP contribution < -0.4 is 16.0 Å². The molecule has 1 fully saturated rings. The fourth-order valence-corrected chi connectivity index (χ4v) is 3.48. The Bertz CT molecular complexity index is 1110. The van der Waals surface area contributed by atoms with E-state index in [1.54, 1.807) is 49.0 Å². The van der Waals surface area contributed by atoms with Crippen LogP contribution in [-0.4, -0.2) is 68.2 Å². The molecule has 0 saturated carbocycles. The zero-order valence-electron chi connectivity index (χ0n) is 18.6. The van der Waals surface area contributed by atoms with Gasteiger partial charge in [-0.05, 0) is 32.8 Å². The van der Waals surface area contributed by atoms with Gasteiger partial charge in [-0.25, -0.2) is 18.9 Å². The van der Waals surface area contributed by atoms with E-state index in [2.05, 4.69) is 31.0 Å². The number of ether oxygens (including phenoxy) is 1. The van der Waals surface area contributed by atoms with Gasteiger partial charge in [-0.2, -0.15) is 5.10 Å². The summed E-state index contributed by atoms with van der Waals surface area (Å²) >= 11 is 0. The molecule has 2 atom stereocenters. The number of aromatic nitrogens is 4. The minimum absolute atomic E-state index is 0.0102. The first kappa shape index (κ1) is 22.9. The van der Waals surface area contributed by atoms with Crippen molar-refractivity contribution in [2.24, 2.45) is 0 Å². The Morgan fingerprint density at radius 1 is 1.36 bits per heavy atom. The molecule has 1 aliphatic heterocycles. The van der Waals surface area contributed by atoms with Gasteiger partial charge in [-0.15, -0.1) is 0 Å². The Hall–Kier alpha value is -3.31. The number of hydrogen-bond acceptors (Lipinski definition) is 8. The molecular formula is C22H28FN7O3. The standard InChI is InChI=1S/C22H28FN7O3/c1-22(2,32)6-8-24-21(31)14-12-25-19(11-17(14)27-16-5-10-33-13-15(16)23)28-18-4-9-30-20(29-18)3-7-26-30/h3-4,7,9,11-12,15-16,32H,5-6,8,10,13H2,1-2H3,(H,24,31)(H2,25,27,28,29). The number of aliphatic hydroxyl groups is 1. The van der Waals surface area contributed by atoms with Gasteiger partial charge in [0.05, 0.1) is 35.7 Å². The summed E-state index contributed by atoms with van der Waals surface area (Å²) in [6.07, 6.45) is 4.53. The third-order valence-electron chi connectivity index (χ3n) is 5.31. The molecule has 0 spiro atoms. The lowest BCUT2D eigenvalue weighted by molar-refractivity contribution is 0.0286. The lowest BCUT2D eigenvalue weighted by atomic mass is 10.1. The number of nitrogens with zero attached hydrogens (tertiary/aromatic N) is 4. The zero-order valence-corrected chi connectivity index (χ0v) is 18.6. The van der Waals surface area contributed by atoms with Crippen LogP contribution in [0.2, 0.25) is 0 Å². The van der Waals surface area contributed by atoms with Crippen molar-refractivity contribution < 1.29 is 19.0 Å². The number of carbonyl (C=O) groups excluding carboxylic acids is 1. The molecule has 3 aromatic heterocycles. The minimum Gasteiger partial charge on any atom is -0.390 e. The number of carbonyl (C=O) groups is 1. The zero-order chi connectivity index (χ0) is 23.4. The van der Waals surface area contributed by atoms with Gasteiger partial charge >= 0.3 is 0 Å². The molecule has 0 aromatic carbocycles. The van der Waals surface area contributed by atoms with E-state index in [0.29, 0.717) is 49.0 Å². The van der Waals surface area contributed by atoms with Crippen molar-refractivity contribution in [3.05, 3.63) is 42.4 Å². The summed E-state index contributed by atoms with van der Waals surface area (Å²) in [7, 11) is 0. The molecule has 176 valence electrons. The van der Waals surface area contributed by atoms with Gasteiger partial charge < -0.3 is 25.8 Å². The number of hydrogen-bond donors (Lipinski definition) is 4. The average Bonchev–Trinajstić information content (AvgIpc) is 3.22. The summed E-state index contributed by atoms with van der Waals surface area (Å²) in [5.74, 6) is 0.643. The quantitative estimate of drug-likeness (QED) is 0.406. The molecule has 1 amide bonds. The highest BCUT2D eigenvalue weighted by Gasteiger charge is 2.27. The fraction of sp³-hybridized carbons (Fsp3) is 0.455. The Morgan fingerprint density at radius 2 is 2.21 bits per heavy atom. The second-order valence-electron chi connectivity index (χ2n) is 8.64. The van der Waals surface area contributed by atoms with E-state index in [4.69, 9.17) is 4.74 Å². The van der Waals surface area contributed by atoms with E-state index in [0.717, 1.165) is 0 Å². The average molecular weight is 458 g/mol. The normalized spacial score (nSPS) is 18.8. The molecule has 1 aliphatic rings. The van der Waals surface area contributed by atoms with E-state index >= 15 is 0 Å². The van der Waals surface area contributed by atoms with Crippen LogP contribution in [0.3, 0.4) is 0 Å². The molecule has 4 heterocycles. The van der Waals surface area contributed by atoms with E-state index < -0.39 is 17.8 Å². The van der Waals surface area contributed by atoms with Gasteiger partial charge in [0, 0.05) is 37.7 Å². The van der Waals surface area contributed by atoms with Gasteiger partial charge in [0.2, 0.25) is 0 Å². The molecule has 1 saturated heterocycles. The molecule has 11 heteroatoms. The fourth-order valence-electron chi connectivity index (χ4n) is 3.48. The van der Waals surface area contributed by atoms with Crippen LogP contribution in [0.15, 0.2) is 36.8 Å². The first-order valence-electron chi connectivity index (χ1n) is 10.8. The second kappa shape index (κ2) is 9.67. The van der Waals surface area contributed by atoms with E-state index in [-0.39, 0.29) is 18.1 Å². The van der Waals surface area contributed by atoms with Gasteiger partial charge in [0.25, 0.3) is 5.91 Å². The molecule has 4 rings (SSSR count). The van der Waals surface area contributed by atoms with Crippen molar-refractivity contribution in [2.75, 3.05) is 30.4 Å². The molecule has 0 radical (unpaired) electrons. The SMILES string of the molecule is CC(C)(O)CCNC(=O)c1cnc(Nc2ccn3nccc3n2)cc1NC1CCOCC1F. The Morgan fingerprint density at radius 3 is 3.00 bits per heavy atom. The molecule has 0 aliphatic carbocycles. The van der Waals surface area contributed by atoms with Crippen LogP contribution >= 0.6 is 0 Å². The summed E-state index contributed by atoms with van der Waals surface area (Å²) in [6.45, 7) is 4.10. The smallest absolute Gasteiger partial charge is 0.254 e. The van der Waals surface area contributed by atoms with Crippen molar-refractivity contribution >= 4 is 28.9 Å². The molecule has 33 heavy (non-hydrogen) atoms. The minimum atomic E-state index is -1.19. The number of pyridine rings is 1. The molecule has 3 aromatic rings. The first-order chi connectivity index (χ1) is 15.8. The van der Waals surface area contributed by atoms with Gasteiger partial charge in [-0.1, -0.05) is 0 Å². The largest absolute Gasteiger partial charge is 0.390 e. The van der Waals surface area contributed by atoms with Gasteiger partial charge in [0.15, 0.2) is 5.65 Å². The van der Waals surface area contributed by atoms with Gasteiger partial charge in [0.1, 0.15) is 17.8 Å². The number of halogens is 1.